The highest BCUT2D eigenvalue weighted by Crippen LogP contribution is 2.20. The zero-order valence-electron chi connectivity index (χ0n) is 12.5. The van der Waals surface area contributed by atoms with Gasteiger partial charge in [0.25, 0.3) is 0 Å². The number of nitrogens with two attached hydrogens (primary N) is 1. The number of hydrogen-bond acceptors (Lipinski definition) is 4. The number of rotatable bonds is 7. The zero-order chi connectivity index (χ0) is 14.3. The van der Waals surface area contributed by atoms with E-state index in [1.54, 1.807) is 7.11 Å². The molecule has 0 bridgehead atoms. The van der Waals surface area contributed by atoms with Crippen LogP contribution in [0.5, 0.6) is 0 Å². The summed E-state index contributed by atoms with van der Waals surface area (Å²) in [6.45, 7) is 7.38. The van der Waals surface area contributed by atoms with Gasteiger partial charge in [0.2, 0.25) is 5.91 Å². The summed E-state index contributed by atoms with van der Waals surface area (Å²) in [6, 6.07) is 0.224. The van der Waals surface area contributed by atoms with Crippen LogP contribution in [0, 0.1) is 5.92 Å². The van der Waals surface area contributed by atoms with Crippen molar-refractivity contribution in [3.63, 3.8) is 0 Å². The Morgan fingerprint density at radius 1 is 1.58 bits per heavy atom. The molecule has 3 N–H and O–H groups in total. The van der Waals surface area contributed by atoms with E-state index in [1.165, 1.54) is 0 Å². The van der Waals surface area contributed by atoms with Crippen LogP contribution in [0.2, 0.25) is 0 Å². The molecule has 19 heavy (non-hydrogen) atoms. The van der Waals surface area contributed by atoms with Gasteiger partial charge in [-0.05, 0) is 25.7 Å². The van der Waals surface area contributed by atoms with E-state index in [-0.39, 0.29) is 11.9 Å². The van der Waals surface area contributed by atoms with Crippen molar-refractivity contribution < 1.29 is 9.53 Å². The molecule has 5 nitrogen and oxygen atoms in total. The number of likely N-dealkylation sites (tertiary alicyclic amines) is 1. The second-order valence-electron chi connectivity index (χ2n) is 5.43. The van der Waals surface area contributed by atoms with Gasteiger partial charge in [0, 0.05) is 39.4 Å². The fourth-order valence-electron chi connectivity index (χ4n) is 2.60. The lowest BCUT2D eigenvalue weighted by molar-refractivity contribution is -0.126. The highest BCUT2D eigenvalue weighted by molar-refractivity contribution is 5.81. The van der Waals surface area contributed by atoms with Gasteiger partial charge in [0.1, 0.15) is 0 Å². The van der Waals surface area contributed by atoms with Gasteiger partial charge in [0.15, 0.2) is 0 Å². The zero-order valence-corrected chi connectivity index (χ0v) is 12.5. The molecule has 1 saturated heterocycles. The van der Waals surface area contributed by atoms with Gasteiger partial charge in [-0.15, -0.1) is 0 Å². The number of piperidine rings is 1. The van der Waals surface area contributed by atoms with Crippen molar-refractivity contribution >= 4 is 5.91 Å². The third-order valence-corrected chi connectivity index (χ3v) is 4.10. The molecule has 0 aromatic carbocycles. The summed E-state index contributed by atoms with van der Waals surface area (Å²) in [5, 5.41) is 2.97. The van der Waals surface area contributed by atoms with Gasteiger partial charge in [-0.25, -0.2) is 0 Å². The predicted octanol–water partition coefficient (Wildman–Crippen LogP) is 0.587. The van der Waals surface area contributed by atoms with Crippen molar-refractivity contribution in [3.8, 4) is 0 Å². The van der Waals surface area contributed by atoms with Crippen LogP contribution in [0.1, 0.15) is 33.1 Å². The van der Waals surface area contributed by atoms with Gasteiger partial charge < -0.3 is 15.8 Å². The Labute approximate surface area is 116 Å². The smallest absolute Gasteiger partial charge is 0.237 e. The molecule has 0 aromatic heterocycles. The summed E-state index contributed by atoms with van der Waals surface area (Å²) in [5.41, 5.74) is 6.10. The number of ether oxygens (including phenoxy) is 1. The Kier molecular flexibility index (Phi) is 7.34. The lowest BCUT2D eigenvalue weighted by Crippen LogP contribution is -2.53. The number of hydrogen-bond donors (Lipinski definition) is 2. The summed E-state index contributed by atoms with van der Waals surface area (Å²) >= 11 is 0. The number of carbonyl (C=O) groups excluding carboxylic acids is 1. The van der Waals surface area contributed by atoms with E-state index < -0.39 is 0 Å². The van der Waals surface area contributed by atoms with E-state index >= 15 is 0 Å². The lowest BCUT2D eigenvalue weighted by Gasteiger charge is -2.39. The molecule has 0 aromatic rings. The monoisotopic (exact) mass is 271 g/mol. The van der Waals surface area contributed by atoms with Crippen LogP contribution >= 0.6 is 0 Å². The normalized spacial score (nSPS) is 26.1. The SMILES string of the molecule is CCC1CN(C(C)C(=O)NCCCOC)CCC1N. The van der Waals surface area contributed by atoms with Gasteiger partial charge in [-0.2, -0.15) is 0 Å². The van der Waals surface area contributed by atoms with Gasteiger partial charge in [-0.1, -0.05) is 13.3 Å². The fraction of sp³-hybridized carbons (Fsp3) is 0.929. The first-order chi connectivity index (χ1) is 9.10. The highest BCUT2D eigenvalue weighted by Gasteiger charge is 2.30. The van der Waals surface area contributed by atoms with E-state index in [0.29, 0.717) is 25.1 Å². The quantitative estimate of drug-likeness (QED) is 0.665. The Bertz CT molecular complexity index is 273. The molecule has 1 rings (SSSR count). The van der Waals surface area contributed by atoms with Crippen LogP contribution in [0.4, 0.5) is 0 Å². The molecule has 112 valence electrons. The number of amides is 1. The van der Waals surface area contributed by atoms with Crippen molar-refractivity contribution in [3.05, 3.63) is 0 Å². The van der Waals surface area contributed by atoms with Crippen LogP contribution in [-0.2, 0) is 9.53 Å². The second kappa shape index (κ2) is 8.51. The largest absolute Gasteiger partial charge is 0.385 e. The van der Waals surface area contributed by atoms with Crippen LogP contribution in [0.3, 0.4) is 0 Å². The molecule has 0 spiro atoms. The third kappa shape index (κ3) is 5.09. The minimum Gasteiger partial charge on any atom is -0.385 e. The highest BCUT2D eigenvalue weighted by atomic mass is 16.5. The standard InChI is InChI=1S/C14H29N3O2/c1-4-12-10-17(8-6-13(12)15)11(2)14(18)16-7-5-9-19-3/h11-13H,4-10,15H2,1-3H3,(H,16,18). The van der Waals surface area contributed by atoms with Crippen molar-refractivity contribution in [2.24, 2.45) is 11.7 Å². The molecule has 5 heteroatoms. The first-order valence-electron chi connectivity index (χ1n) is 7.36. The molecular weight excluding hydrogens is 242 g/mol. The second-order valence-corrected chi connectivity index (χ2v) is 5.43. The average Bonchev–Trinajstić information content (AvgIpc) is 2.43. The van der Waals surface area contributed by atoms with Crippen LogP contribution < -0.4 is 11.1 Å². The van der Waals surface area contributed by atoms with Crippen molar-refractivity contribution in [2.75, 3.05) is 33.4 Å². The van der Waals surface area contributed by atoms with E-state index in [2.05, 4.69) is 17.1 Å². The number of nitrogens with zero attached hydrogens (tertiary/aromatic N) is 1. The van der Waals surface area contributed by atoms with Gasteiger partial charge in [0.05, 0.1) is 6.04 Å². The summed E-state index contributed by atoms with van der Waals surface area (Å²) in [6.07, 6.45) is 2.93. The van der Waals surface area contributed by atoms with Crippen LogP contribution in [-0.4, -0.2) is 56.2 Å². The first-order valence-corrected chi connectivity index (χ1v) is 7.36. The maximum absolute atomic E-state index is 12.1. The molecule has 0 aliphatic carbocycles. The summed E-state index contributed by atoms with van der Waals surface area (Å²) in [5.74, 6) is 0.624. The van der Waals surface area contributed by atoms with E-state index in [0.717, 1.165) is 32.4 Å². The van der Waals surface area contributed by atoms with Crippen LogP contribution in [0.25, 0.3) is 0 Å². The van der Waals surface area contributed by atoms with Gasteiger partial charge in [-0.3, -0.25) is 9.69 Å². The minimum atomic E-state index is -0.0657. The Hall–Kier alpha value is -0.650. The summed E-state index contributed by atoms with van der Waals surface area (Å²) in [7, 11) is 1.67. The molecule has 1 heterocycles. The Morgan fingerprint density at radius 2 is 2.32 bits per heavy atom. The fourth-order valence-corrected chi connectivity index (χ4v) is 2.60. The average molecular weight is 271 g/mol. The van der Waals surface area contributed by atoms with E-state index in [9.17, 15) is 4.79 Å². The number of carbonyl (C=O) groups is 1. The van der Waals surface area contributed by atoms with Gasteiger partial charge >= 0.3 is 0 Å². The predicted molar refractivity (Wildman–Crippen MR) is 76.9 cm³/mol. The molecular formula is C14H29N3O2. The number of nitrogens with one attached hydrogen (secondary N) is 1. The third-order valence-electron chi connectivity index (χ3n) is 4.10. The molecule has 1 aliphatic heterocycles. The molecule has 3 unspecified atom stereocenters. The number of methoxy groups -OCH3 is 1. The lowest BCUT2D eigenvalue weighted by atomic mass is 9.90. The molecule has 0 saturated carbocycles. The molecule has 1 aliphatic rings. The molecule has 1 fully saturated rings. The molecule has 1 amide bonds. The maximum Gasteiger partial charge on any atom is 0.237 e. The Balaban J connectivity index is 2.35. The molecule has 3 atom stereocenters. The van der Waals surface area contributed by atoms with Crippen molar-refractivity contribution in [1.29, 1.82) is 0 Å². The molecule has 0 radical (unpaired) electrons. The Morgan fingerprint density at radius 3 is 2.95 bits per heavy atom. The van der Waals surface area contributed by atoms with E-state index in [4.69, 9.17) is 10.5 Å². The summed E-state index contributed by atoms with van der Waals surface area (Å²) < 4.78 is 4.97. The topological polar surface area (TPSA) is 67.6 Å². The summed E-state index contributed by atoms with van der Waals surface area (Å²) in [4.78, 5) is 14.3. The first kappa shape index (κ1) is 16.4. The van der Waals surface area contributed by atoms with Crippen molar-refractivity contribution in [2.45, 2.75) is 45.2 Å². The van der Waals surface area contributed by atoms with Crippen LogP contribution in [0.15, 0.2) is 0 Å². The van der Waals surface area contributed by atoms with Crippen molar-refractivity contribution in [1.82, 2.24) is 10.2 Å². The maximum atomic E-state index is 12.1. The minimum absolute atomic E-state index is 0.0657. The van der Waals surface area contributed by atoms with E-state index in [1.807, 2.05) is 6.92 Å².